The molecule has 0 saturated heterocycles. The van der Waals surface area contributed by atoms with Crippen molar-refractivity contribution in [3.8, 4) is 5.75 Å². The van der Waals surface area contributed by atoms with Gasteiger partial charge in [0.05, 0.1) is 0 Å². The van der Waals surface area contributed by atoms with Crippen molar-refractivity contribution in [1.82, 2.24) is 5.32 Å². The summed E-state index contributed by atoms with van der Waals surface area (Å²) in [5.74, 6) is -1.55. The van der Waals surface area contributed by atoms with E-state index in [0.717, 1.165) is 6.42 Å². The highest BCUT2D eigenvalue weighted by atomic mass is 19.1. The molecule has 108 valence electrons. The van der Waals surface area contributed by atoms with Crippen molar-refractivity contribution >= 4 is 11.9 Å². The van der Waals surface area contributed by atoms with Gasteiger partial charge in [-0.3, -0.25) is 4.79 Å². The minimum Gasteiger partial charge on any atom is -0.481 e. The molecule has 1 aromatic rings. The lowest BCUT2D eigenvalue weighted by Crippen LogP contribution is -2.61. The number of nitrogens with one attached hydrogen (secondary N) is 1. The van der Waals surface area contributed by atoms with Crippen molar-refractivity contribution in [2.24, 2.45) is 0 Å². The Kier molecular flexibility index (Phi) is 3.92. The van der Waals surface area contributed by atoms with E-state index >= 15 is 0 Å². The summed E-state index contributed by atoms with van der Waals surface area (Å²) in [5.41, 5.74) is -1.16. The molecule has 2 N–H and O–H groups in total. The van der Waals surface area contributed by atoms with E-state index in [1.165, 1.54) is 31.2 Å². The molecule has 1 unspecified atom stereocenters. The Morgan fingerprint density at radius 1 is 1.35 bits per heavy atom. The molecular weight excluding hydrogens is 265 g/mol. The molecule has 0 radical (unpaired) electrons. The van der Waals surface area contributed by atoms with Crippen LogP contribution in [-0.2, 0) is 9.59 Å². The summed E-state index contributed by atoms with van der Waals surface area (Å²) in [6.45, 7) is 1.52. The van der Waals surface area contributed by atoms with Crippen molar-refractivity contribution in [2.45, 2.75) is 37.8 Å². The molecule has 0 aliphatic heterocycles. The molecule has 1 atom stereocenters. The van der Waals surface area contributed by atoms with Gasteiger partial charge in [0, 0.05) is 0 Å². The first-order valence-electron chi connectivity index (χ1n) is 6.41. The summed E-state index contributed by atoms with van der Waals surface area (Å²) in [6, 6.07) is 5.28. The fourth-order valence-corrected chi connectivity index (χ4v) is 2.03. The van der Waals surface area contributed by atoms with Crippen LogP contribution in [0.25, 0.3) is 0 Å². The number of halogens is 1. The van der Waals surface area contributed by atoms with Gasteiger partial charge < -0.3 is 15.2 Å². The second-order valence-electron chi connectivity index (χ2n) is 4.94. The standard InChI is InChI=1S/C14H16FNO4/c1-9(20-11-5-3-10(15)4-6-11)12(17)16-14(13(18)19)7-2-8-14/h3-6,9H,2,7-8H2,1H3,(H,16,17)(H,18,19). The van der Waals surface area contributed by atoms with Gasteiger partial charge >= 0.3 is 5.97 Å². The third-order valence-corrected chi connectivity index (χ3v) is 3.47. The van der Waals surface area contributed by atoms with E-state index in [4.69, 9.17) is 9.84 Å². The molecule has 1 saturated carbocycles. The smallest absolute Gasteiger partial charge is 0.329 e. The van der Waals surface area contributed by atoms with Crippen LogP contribution in [0, 0.1) is 5.82 Å². The molecule has 1 aromatic carbocycles. The Morgan fingerprint density at radius 2 is 1.95 bits per heavy atom. The van der Waals surface area contributed by atoms with Crippen LogP contribution in [0.5, 0.6) is 5.75 Å². The van der Waals surface area contributed by atoms with Crippen LogP contribution in [0.4, 0.5) is 4.39 Å². The van der Waals surface area contributed by atoms with Crippen LogP contribution >= 0.6 is 0 Å². The van der Waals surface area contributed by atoms with Crippen molar-refractivity contribution in [2.75, 3.05) is 0 Å². The van der Waals surface area contributed by atoms with Crippen LogP contribution < -0.4 is 10.1 Å². The molecule has 2 rings (SSSR count). The van der Waals surface area contributed by atoms with E-state index in [2.05, 4.69) is 5.32 Å². The summed E-state index contributed by atoms with van der Waals surface area (Å²) in [6.07, 6.45) is 0.784. The van der Waals surface area contributed by atoms with Gasteiger partial charge in [0.15, 0.2) is 6.10 Å². The lowest BCUT2D eigenvalue weighted by molar-refractivity contribution is -0.152. The number of carbonyl (C=O) groups excluding carboxylic acids is 1. The fraction of sp³-hybridized carbons (Fsp3) is 0.429. The first-order valence-corrected chi connectivity index (χ1v) is 6.41. The number of hydrogen-bond donors (Lipinski definition) is 2. The zero-order chi connectivity index (χ0) is 14.8. The number of rotatable bonds is 5. The Bertz CT molecular complexity index is 510. The highest BCUT2D eigenvalue weighted by Crippen LogP contribution is 2.32. The van der Waals surface area contributed by atoms with Crippen molar-refractivity contribution in [3.05, 3.63) is 30.1 Å². The highest BCUT2D eigenvalue weighted by molar-refractivity contribution is 5.89. The Hall–Kier alpha value is -2.11. The predicted molar refractivity (Wildman–Crippen MR) is 68.9 cm³/mol. The molecule has 0 heterocycles. The van der Waals surface area contributed by atoms with Crippen LogP contribution in [0.1, 0.15) is 26.2 Å². The van der Waals surface area contributed by atoms with Gasteiger partial charge in [-0.25, -0.2) is 9.18 Å². The fourth-order valence-electron chi connectivity index (χ4n) is 2.03. The summed E-state index contributed by atoms with van der Waals surface area (Å²) in [4.78, 5) is 23.1. The summed E-state index contributed by atoms with van der Waals surface area (Å²) in [7, 11) is 0. The van der Waals surface area contributed by atoms with Crippen molar-refractivity contribution < 1.29 is 23.8 Å². The number of carboxylic acid groups (broad SMARTS) is 1. The van der Waals surface area contributed by atoms with Crippen LogP contribution in [-0.4, -0.2) is 28.6 Å². The monoisotopic (exact) mass is 281 g/mol. The van der Waals surface area contributed by atoms with Crippen LogP contribution in [0.2, 0.25) is 0 Å². The number of carboxylic acids is 1. The average molecular weight is 281 g/mol. The molecule has 1 aliphatic rings. The quantitative estimate of drug-likeness (QED) is 0.861. The normalized spacial score (nSPS) is 17.7. The van der Waals surface area contributed by atoms with E-state index in [0.29, 0.717) is 18.6 Å². The number of hydrogen-bond acceptors (Lipinski definition) is 3. The summed E-state index contributed by atoms with van der Waals surface area (Å²) >= 11 is 0. The number of ether oxygens (including phenoxy) is 1. The Morgan fingerprint density at radius 3 is 2.40 bits per heavy atom. The molecule has 1 aliphatic carbocycles. The van der Waals surface area contributed by atoms with E-state index in [-0.39, 0.29) is 0 Å². The van der Waals surface area contributed by atoms with Gasteiger partial charge in [0.25, 0.3) is 5.91 Å². The lowest BCUT2D eigenvalue weighted by atomic mass is 9.76. The zero-order valence-corrected chi connectivity index (χ0v) is 11.1. The predicted octanol–water partition coefficient (Wildman–Crippen LogP) is 1.72. The van der Waals surface area contributed by atoms with Gasteiger partial charge in [-0.2, -0.15) is 0 Å². The highest BCUT2D eigenvalue weighted by Gasteiger charge is 2.46. The number of aliphatic carboxylic acids is 1. The maximum absolute atomic E-state index is 12.7. The molecular formula is C14H16FNO4. The van der Waals surface area contributed by atoms with Crippen LogP contribution in [0.15, 0.2) is 24.3 Å². The molecule has 0 aromatic heterocycles. The molecule has 1 amide bonds. The first-order chi connectivity index (χ1) is 9.43. The number of benzene rings is 1. The third kappa shape index (κ3) is 2.89. The number of amides is 1. The maximum atomic E-state index is 12.7. The molecule has 1 fully saturated rings. The topological polar surface area (TPSA) is 75.6 Å². The molecule has 6 heteroatoms. The van der Waals surface area contributed by atoms with E-state index in [1.807, 2.05) is 0 Å². The van der Waals surface area contributed by atoms with E-state index in [1.54, 1.807) is 0 Å². The summed E-state index contributed by atoms with van der Waals surface area (Å²) in [5, 5.41) is 11.7. The van der Waals surface area contributed by atoms with Gasteiger partial charge in [-0.1, -0.05) is 0 Å². The third-order valence-electron chi connectivity index (χ3n) is 3.47. The second kappa shape index (κ2) is 5.48. The van der Waals surface area contributed by atoms with E-state index in [9.17, 15) is 14.0 Å². The molecule has 0 spiro atoms. The van der Waals surface area contributed by atoms with Gasteiger partial charge in [0.1, 0.15) is 17.1 Å². The Balaban J connectivity index is 1.95. The van der Waals surface area contributed by atoms with Crippen LogP contribution in [0.3, 0.4) is 0 Å². The largest absolute Gasteiger partial charge is 0.481 e. The van der Waals surface area contributed by atoms with Crippen molar-refractivity contribution in [1.29, 1.82) is 0 Å². The molecule has 5 nitrogen and oxygen atoms in total. The van der Waals surface area contributed by atoms with Gasteiger partial charge in [0.2, 0.25) is 0 Å². The Labute approximate surface area is 115 Å². The van der Waals surface area contributed by atoms with Gasteiger partial charge in [-0.15, -0.1) is 0 Å². The minimum atomic E-state index is -1.16. The van der Waals surface area contributed by atoms with Crippen molar-refractivity contribution in [3.63, 3.8) is 0 Å². The minimum absolute atomic E-state index is 0.354. The zero-order valence-electron chi connectivity index (χ0n) is 11.1. The SMILES string of the molecule is CC(Oc1ccc(F)cc1)C(=O)NC1(C(=O)O)CCC1. The van der Waals surface area contributed by atoms with E-state index < -0.39 is 29.3 Å². The molecule has 20 heavy (non-hydrogen) atoms. The second-order valence-corrected chi connectivity index (χ2v) is 4.94. The number of carbonyl (C=O) groups is 2. The van der Waals surface area contributed by atoms with Gasteiger partial charge in [-0.05, 0) is 50.5 Å². The maximum Gasteiger partial charge on any atom is 0.329 e. The lowest BCUT2D eigenvalue weighted by Gasteiger charge is -2.38. The average Bonchev–Trinajstić information content (AvgIpc) is 2.35. The summed E-state index contributed by atoms with van der Waals surface area (Å²) < 4.78 is 18.1. The molecule has 0 bridgehead atoms. The first kappa shape index (κ1) is 14.3.